The second-order valence-corrected chi connectivity index (χ2v) is 4.77. The second-order valence-electron chi connectivity index (χ2n) is 4.77. The molecule has 6 heteroatoms. The molecule has 0 aliphatic carbocycles. The maximum absolute atomic E-state index is 10.6. The topological polar surface area (TPSA) is 64.6 Å². The molecule has 90 valence electrons. The quantitative estimate of drug-likeness (QED) is 0.311. The summed E-state index contributed by atoms with van der Waals surface area (Å²) in [5.74, 6) is 0. The number of benzene rings is 1. The normalized spacial score (nSPS) is 11.4. The maximum atomic E-state index is 10.6. The van der Waals surface area contributed by atoms with Gasteiger partial charge in [-0.25, -0.2) is 0 Å². The minimum Gasteiger partial charge on any atom is -0.723 e. The Morgan fingerprint density at radius 3 is 1.44 bits per heavy atom. The van der Waals surface area contributed by atoms with E-state index in [-0.39, 0.29) is 59.1 Å². The van der Waals surface area contributed by atoms with Crippen LogP contribution in [0.5, 0.6) is 0 Å². The van der Waals surface area contributed by atoms with E-state index >= 15 is 0 Å². The molecule has 0 atom stereocenters. The Bertz CT molecular complexity index is 336. The van der Waals surface area contributed by atoms with Crippen molar-refractivity contribution in [1.82, 2.24) is 0 Å². The molecule has 0 saturated carbocycles. The Kier molecular flexibility index (Phi) is 9.93. The van der Waals surface area contributed by atoms with Crippen LogP contribution in [0.2, 0.25) is 0 Å². The third-order valence-electron chi connectivity index (χ3n) is 2.67. The average molecular weight is 270 g/mol. The van der Waals surface area contributed by atoms with Gasteiger partial charge in [-0.2, -0.15) is 0 Å². The molecule has 4 nitrogen and oxygen atoms in total. The van der Waals surface area contributed by atoms with E-state index in [1.165, 1.54) is 0 Å². The molecule has 0 aliphatic heterocycles. The molecule has 0 aromatic heterocycles. The molecule has 0 N–H and O–H groups in total. The summed E-state index contributed by atoms with van der Waals surface area (Å²) < 4.78 is 0. The van der Waals surface area contributed by atoms with Crippen molar-refractivity contribution < 1.29 is 79.4 Å². The molecule has 0 spiro atoms. The predicted octanol–water partition coefficient (Wildman–Crippen LogP) is -5.25. The first-order valence-corrected chi connectivity index (χ1v) is 5.06. The maximum Gasteiger partial charge on any atom is 1.00 e. The van der Waals surface area contributed by atoms with Gasteiger partial charge in [0.15, 0.2) is 0 Å². The fourth-order valence-corrected chi connectivity index (χ4v) is 1.36. The zero-order valence-corrected chi connectivity index (χ0v) is 15.9. The molecule has 0 amide bonds. The van der Waals surface area contributed by atoms with Gasteiger partial charge in [-0.15, -0.1) is 0 Å². The summed E-state index contributed by atoms with van der Waals surface area (Å²) >= 11 is 0. The predicted molar refractivity (Wildman–Crippen MR) is 54.7 cm³/mol. The van der Waals surface area contributed by atoms with Crippen LogP contribution in [-0.2, 0) is 21.0 Å². The first-order valence-electron chi connectivity index (χ1n) is 5.06. The number of hydrogen-bond acceptors (Lipinski definition) is 4. The van der Waals surface area contributed by atoms with Gasteiger partial charge in [0, 0.05) is 0 Å². The summed E-state index contributed by atoms with van der Waals surface area (Å²) in [7, 11) is 0. The van der Waals surface area contributed by atoms with Gasteiger partial charge in [0.25, 0.3) is 0 Å². The standard InChI is InChI=1S/C12H18O4.2Na/c1-11(2,15-13)9-6-5-7-10(8-9)12(3,4)16-14;;/h5-8,13-14H,1-4H3;;/q;2*+1/p-2. The van der Waals surface area contributed by atoms with E-state index < -0.39 is 11.2 Å². The number of rotatable bonds is 4. The number of hydrogen-bond donors (Lipinski definition) is 0. The van der Waals surface area contributed by atoms with Crippen LogP contribution in [0.4, 0.5) is 0 Å². The summed E-state index contributed by atoms with van der Waals surface area (Å²) in [6.45, 7) is 6.68. The van der Waals surface area contributed by atoms with Crippen molar-refractivity contribution in [2.45, 2.75) is 38.9 Å². The van der Waals surface area contributed by atoms with Gasteiger partial charge >= 0.3 is 59.1 Å². The van der Waals surface area contributed by atoms with Crippen molar-refractivity contribution in [3.8, 4) is 0 Å². The molecule has 0 saturated heterocycles. The second kappa shape index (κ2) is 8.37. The van der Waals surface area contributed by atoms with Crippen molar-refractivity contribution in [2.75, 3.05) is 0 Å². The van der Waals surface area contributed by atoms with E-state index in [0.717, 1.165) is 0 Å². The van der Waals surface area contributed by atoms with E-state index in [1.54, 1.807) is 52.0 Å². The zero-order valence-electron chi connectivity index (χ0n) is 11.9. The summed E-state index contributed by atoms with van der Waals surface area (Å²) in [4.78, 5) is 8.31. The fourth-order valence-electron chi connectivity index (χ4n) is 1.36. The molecule has 1 aromatic carbocycles. The van der Waals surface area contributed by atoms with E-state index in [4.69, 9.17) is 0 Å². The molecule has 0 bridgehead atoms. The van der Waals surface area contributed by atoms with Crippen molar-refractivity contribution in [1.29, 1.82) is 0 Å². The Labute approximate surface area is 152 Å². The van der Waals surface area contributed by atoms with E-state index in [0.29, 0.717) is 11.1 Å². The Morgan fingerprint density at radius 2 is 1.17 bits per heavy atom. The van der Waals surface area contributed by atoms with Crippen molar-refractivity contribution in [3.05, 3.63) is 35.4 Å². The molecule has 0 heterocycles. The van der Waals surface area contributed by atoms with Crippen LogP contribution in [0.25, 0.3) is 0 Å². The molecule has 0 radical (unpaired) electrons. The minimum atomic E-state index is -0.922. The van der Waals surface area contributed by atoms with Crippen LogP contribution in [0.1, 0.15) is 38.8 Å². The summed E-state index contributed by atoms with van der Waals surface area (Å²) in [6.07, 6.45) is 0. The van der Waals surface area contributed by atoms with Gasteiger partial charge in [0.2, 0.25) is 0 Å². The molecule has 0 fully saturated rings. The van der Waals surface area contributed by atoms with E-state index in [1.807, 2.05) is 0 Å². The van der Waals surface area contributed by atoms with Crippen LogP contribution >= 0.6 is 0 Å². The van der Waals surface area contributed by atoms with E-state index in [9.17, 15) is 10.5 Å². The largest absolute Gasteiger partial charge is 1.00 e. The summed E-state index contributed by atoms with van der Waals surface area (Å²) in [6, 6.07) is 7.08. The minimum absolute atomic E-state index is 0. The van der Waals surface area contributed by atoms with Crippen LogP contribution in [0.3, 0.4) is 0 Å². The van der Waals surface area contributed by atoms with Gasteiger partial charge < -0.3 is 20.3 Å². The fraction of sp³-hybridized carbons (Fsp3) is 0.500. The van der Waals surface area contributed by atoms with Crippen molar-refractivity contribution in [3.63, 3.8) is 0 Å². The Morgan fingerprint density at radius 1 is 0.833 bits per heavy atom. The monoisotopic (exact) mass is 270 g/mol. The van der Waals surface area contributed by atoms with Crippen LogP contribution in [0.15, 0.2) is 24.3 Å². The van der Waals surface area contributed by atoms with Gasteiger partial charge in [-0.05, 0) is 38.8 Å². The molecule has 0 unspecified atom stereocenters. The van der Waals surface area contributed by atoms with Crippen molar-refractivity contribution >= 4 is 0 Å². The summed E-state index contributed by atoms with van der Waals surface area (Å²) in [5, 5.41) is 21.2. The van der Waals surface area contributed by atoms with Gasteiger partial charge in [-0.3, -0.25) is 0 Å². The molecule has 1 rings (SSSR count). The molecular weight excluding hydrogens is 254 g/mol. The van der Waals surface area contributed by atoms with Crippen molar-refractivity contribution in [2.24, 2.45) is 0 Å². The summed E-state index contributed by atoms with van der Waals surface area (Å²) in [5.41, 5.74) is -0.417. The third-order valence-corrected chi connectivity index (χ3v) is 2.67. The molecule has 0 aliphatic rings. The Balaban J connectivity index is 0. The molecule has 1 aromatic rings. The SMILES string of the molecule is CC(C)(O[O-])c1cccc(C(C)(C)O[O-])c1.[Na+].[Na+]. The molecule has 18 heavy (non-hydrogen) atoms. The van der Waals surface area contributed by atoms with Crippen LogP contribution in [-0.4, -0.2) is 0 Å². The average Bonchev–Trinajstić information content (AvgIpc) is 2.29. The van der Waals surface area contributed by atoms with Gasteiger partial charge in [0.05, 0.1) is 11.2 Å². The van der Waals surface area contributed by atoms with Crippen LogP contribution < -0.4 is 69.6 Å². The van der Waals surface area contributed by atoms with Gasteiger partial charge in [0.1, 0.15) is 0 Å². The molecular formula is C12H16Na2O4. The van der Waals surface area contributed by atoms with Crippen LogP contribution in [0, 0.1) is 0 Å². The smallest absolute Gasteiger partial charge is 0.723 e. The van der Waals surface area contributed by atoms with Gasteiger partial charge in [-0.1, -0.05) is 24.3 Å². The Hall–Kier alpha value is 1.06. The van der Waals surface area contributed by atoms with E-state index in [2.05, 4.69) is 9.78 Å². The third kappa shape index (κ3) is 5.21. The first-order chi connectivity index (χ1) is 7.33. The zero-order chi connectivity index (χ0) is 12.4. The first kappa shape index (κ1) is 21.4.